The van der Waals surface area contributed by atoms with Crippen LogP contribution in [0.4, 0.5) is 0 Å². The number of rotatable bonds is 22. The first kappa shape index (κ1) is 30.4. The van der Waals surface area contributed by atoms with Crippen LogP contribution in [0.5, 0.6) is 0 Å². The number of unbranched alkanes of at least 4 members (excludes halogenated alkanes) is 13. The van der Waals surface area contributed by atoms with Gasteiger partial charge in [-0.05, 0) is 6.42 Å². The second-order valence-electron chi connectivity index (χ2n) is 8.50. The smallest absolute Gasteiger partial charge is 0.397 e. The van der Waals surface area contributed by atoms with Crippen LogP contribution in [0.3, 0.4) is 0 Å². The third-order valence-corrected chi connectivity index (χ3v) is 5.90. The first-order valence-electron chi connectivity index (χ1n) is 12.2. The predicted octanol–water partition coefficient (Wildman–Crippen LogP) is 6.05. The van der Waals surface area contributed by atoms with Crippen LogP contribution in [0, 0.1) is 0 Å². The SMILES string of the molecule is [B][C@H](C)C(C/C(O[P+](=O)O)=C(\N)CO)OCCCCCCCCCCCCCCCC. The minimum Gasteiger partial charge on any atom is -0.397 e. The molecule has 0 rings (SSSR count). The fraction of sp³-hybridized carbons (Fsp3) is 0.913. The number of hydrogen-bond donors (Lipinski definition) is 3. The van der Waals surface area contributed by atoms with Gasteiger partial charge in [-0.3, -0.25) is 0 Å². The van der Waals surface area contributed by atoms with E-state index >= 15 is 0 Å². The molecule has 0 saturated carbocycles. The average Bonchev–Trinajstić information content (AvgIpc) is 2.73. The van der Waals surface area contributed by atoms with Crippen molar-refractivity contribution in [1.82, 2.24) is 0 Å². The van der Waals surface area contributed by atoms with Crippen LogP contribution in [0.1, 0.15) is 110 Å². The van der Waals surface area contributed by atoms with E-state index in [2.05, 4.69) is 6.92 Å². The Labute approximate surface area is 192 Å². The lowest BCUT2D eigenvalue weighted by atomic mass is 9.82. The van der Waals surface area contributed by atoms with E-state index in [-0.39, 0.29) is 23.7 Å². The Morgan fingerprint density at radius 3 is 1.77 bits per heavy atom. The highest BCUT2D eigenvalue weighted by atomic mass is 31.1. The second kappa shape index (κ2) is 21.2. The van der Waals surface area contributed by atoms with E-state index in [1.807, 2.05) is 6.92 Å². The van der Waals surface area contributed by atoms with E-state index in [0.29, 0.717) is 6.61 Å². The standard InChI is InChI=1S/C23H45BNO5P/c1-3-4-5-6-7-8-9-10-11-12-13-14-15-16-17-29-22(20(2)24)18-23(21(25)19-26)30-31(27)28/h20,22,26H,3-19,25H2,1-2H3/p+1/b23-21+/t20-,22?/m1/s1. The molecule has 2 radical (unpaired) electrons. The minimum absolute atomic E-state index is 0.0168. The largest absolute Gasteiger partial charge is 0.747 e. The number of aliphatic hydroxyl groups excluding tert-OH is 1. The predicted molar refractivity (Wildman–Crippen MR) is 129 cm³/mol. The molecule has 0 saturated heterocycles. The molecule has 180 valence electrons. The molecular weight excluding hydrogens is 412 g/mol. The van der Waals surface area contributed by atoms with Crippen LogP contribution in [0.15, 0.2) is 11.5 Å². The van der Waals surface area contributed by atoms with Gasteiger partial charge in [-0.2, -0.15) is 0 Å². The first-order valence-corrected chi connectivity index (χ1v) is 13.3. The zero-order valence-electron chi connectivity index (χ0n) is 19.9. The van der Waals surface area contributed by atoms with Crippen molar-refractivity contribution in [3.63, 3.8) is 0 Å². The summed E-state index contributed by atoms with van der Waals surface area (Å²) < 4.78 is 21.7. The molecule has 4 N–H and O–H groups in total. The normalized spacial score (nSPS) is 14.8. The van der Waals surface area contributed by atoms with Crippen molar-refractivity contribution < 1.29 is 23.8 Å². The topological polar surface area (TPSA) is 102 Å². The highest BCUT2D eigenvalue weighted by Gasteiger charge is 2.25. The minimum atomic E-state index is -2.86. The molecule has 0 bridgehead atoms. The number of aliphatic hydroxyl groups is 1. The summed E-state index contributed by atoms with van der Waals surface area (Å²) in [7, 11) is 3.12. The van der Waals surface area contributed by atoms with Gasteiger partial charge in [0.15, 0.2) is 5.76 Å². The molecule has 0 aliphatic heterocycles. The lowest BCUT2D eigenvalue weighted by molar-refractivity contribution is 0.0428. The molecule has 0 spiro atoms. The van der Waals surface area contributed by atoms with Crippen molar-refractivity contribution in [3.8, 4) is 0 Å². The highest BCUT2D eigenvalue weighted by Crippen LogP contribution is 2.28. The van der Waals surface area contributed by atoms with Crippen molar-refractivity contribution in [1.29, 1.82) is 0 Å². The van der Waals surface area contributed by atoms with Crippen molar-refractivity contribution in [2.45, 2.75) is 122 Å². The molecule has 0 fully saturated rings. The molecule has 0 heterocycles. The maximum Gasteiger partial charge on any atom is 0.747 e. The van der Waals surface area contributed by atoms with E-state index in [4.69, 9.17) is 27.7 Å². The Bertz CT molecular complexity index is 477. The summed E-state index contributed by atoms with van der Waals surface area (Å²) in [5.74, 6) is -0.234. The van der Waals surface area contributed by atoms with E-state index in [1.165, 1.54) is 77.0 Å². The third-order valence-electron chi connectivity index (χ3n) is 5.52. The van der Waals surface area contributed by atoms with E-state index in [1.54, 1.807) is 0 Å². The quantitative estimate of drug-likeness (QED) is 0.0790. The van der Waals surface area contributed by atoms with Crippen molar-refractivity contribution in [3.05, 3.63) is 11.5 Å². The summed E-state index contributed by atoms with van der Waals surface area (Å²) in [6.45, 7) is 4.18. The van der Waals surface area contributed by atoms with Gasteiger partial charge in [-0.25, -0.2) is 4.52 Å². The summed E-state index contributed by atoms with van der Waals surface area (Å²) in [6.07, 6.45) is 18.0. The Hall–Kier alpha value is -0.615. The molecule has 0 aromatic carbocycles. The zero-order chi connectivity index (χ0) is 23.3. The summed E-state index contributed by atoms with van der Waals surface area (Å²) in [4.78, 5) is 8.98. The molecular formula is C23H46BNO5P+. The first-order chi connectivity index (χ1) is 14.9. The number of hydrogen-bond acceptors (Lipinski definition) is 5. The van der Waals surface area contributed by atoms with Crippen LogP contribution in [-0.2, 0) is 13.8 Å². The lowest BCUT2D eigenvalue weighted by Gasteiger charge is -2.22. The fourth-order valence-electron chi connectivity index (χ4n) is 3.52. The molecule has 0 aromatic heterocycles. The summed E-state index contributed by atoms with van der Waals surface area (Å²) >= 11 is 0. The Morgan fingerprint density at radius 2 is 1.39 bits per heavy atom. The highest BCUT2D eigenvalue weighted by molar-refractivity contribution is 7.32. The molecule has 2 unspecified atom stereocenters. The Morgan fingerprint density at radius 1 is 0.935 bits per heavy atom. The molecule has 0 amide bonds. The molecule has 8 heteroatoms. The number of ether oxygens (including phenoxy) is 1. The van der Waals surface area contributed by atoms with Crippen LogP contribution in [-0.4, -0.2) is 37.2 Å². The van der Waals surface area contributed by atoms with Crippen molar-refractivity contribution >= 4 is 16.1 Å². The zero-order valence-corrected chi connectivity index (χ0v) is 20.8. The van der Waals surface area contributed by atoms with Gasteiger partial charge in [0.25, 0.3) is 0 Å². The van der Waals surface area contributed by atoms with Crippen LogP contribution < -0.4 is 5.73 Å². The van der Waals surface area contributed by atoms with Crippen LogP contribution in [0.25, 0.3) is 0 Å². The van der Waals surface area contributed by atoms with Crippen molar-refractivity contribution in [2.24, 2.45) is 5.73 Å². The van der Waals surface area contributed by atoms with Gasteiger partial charge in [0, 0.05) is 17.6 Å². The van der Waals surface area contributed by atoms with Crippen molar-refractivity contribution in [2.75, 3.05) is 13.2 Å². The van der Waals surface area contributed by atoms with Crippen LogP contribution in [0.2, 0.25) is 5.82 Å². The van der Waals surface area contributed by atoms with Gasteiger partial charge in [0.05, 0.1) is 26.3 Å². The third kappa shape index (κ3) is 18.6. The van der Waals surface area contributed by atoms with E-state index in [0.717, 1.165) is 12.8 Å². The summed E-state index contributed by atoms with van der Waals surface area (Å²) in [6, 6.07) is 0. The second-order valence-corrected chi connectivity index (χ2v) is 9.16. The monoisotopic (exact) mass is 458 g/mol. The lowest BCUT2D eigenvalue weighted by Crippen LogP contribution is -2.22. The van der Waals surface area contributed by atoms with Gasteiger partial charge in [-0.15, -0.1) is 4.89 Å². The van der Waals surface area contributed by atoms with Gasteiger partial charge in [-0.1, -0.05) is 103 Å². The van der Waals surface area contributed by atoms with Crippen LogP contribution >= 0.6 is 8.25 Å². The van der Waals surface area contributed by atoms with Gasteiger partial charge >= 0.3 is 8.25 Å². The number of nitrogens with two attached hydrogens (primary N) is 1. The molecule has 6 nitrogen and oxygen atoms in total. The summed E-state index contributed by atoms with van der Waals surface area (Å²) in [5.41, 5.74) is 5.69. The molecule has 31 heavy (non-hydrogen) atoms. The summed E-state index contributed by atoms with van der Waals surface area (Å²) in [5, 5.41) is 9.18. The maximum atomic E-state index is 11.0. The molecule has 0 aromatic rings. The van der Waals surface area contributed by atoms with E-state index < -0.39 is 21.0 Å². The Kier molecular flexibility index (Phi) is 20.8. The average molecular weight is 458 g/mol. The van der Waals surface area contributed by atoms with E-state index in [9.17, 15) is 9.67 Å². The van der Waals surface area contributed by atoms with Gasteiger partial charge < -0.3 is 15.6 Å². The van der Waals surface area contributed by atoms with Gasteiger partial charge in [0.2, 0.25) is 0 Å². The molecule has 3 atom stereocenters. The molecule has 0 aliphatic carbocycles. The Balaban J connectivity index is 3.81. The fourth-order valence-corrected chi connectivity index (χ4v) is 3.90. The maximum absolute atomic E-state index is 11.0. The van der Waals surface area contributed by atoms with Gasteiger partial charge in [0.1, 0.15) is 0 Å². The molecule has 0 aliphatic rings.